The molecule has 2 unspecified atom stereocenters. The number of aliphatic hydroxyl groups is 1. The summed E-state index contributed by atoms with van der Waals surface area (Å²) >= 11 is 0. The summed E-state index contributed by atoms with van der Waals surface area (Å²) in [5.74, 6) is 7.33. The van der Waals surface area contributed by atoms with Crippen LogP contribution in [0.5, 0.6) is 0 Å². The Morgan fingerprint density at radius 2 is 2.29 bits per heavy atom. The largest absolute Gasteiger partial charge is 0.391 e. The van der Waals surface area contributed by atoms with Crippen molar-refractivity contribution < 1.29 is 9.84 Å². The summed E-state index contributed by atoms with van der Waals surface area (Å²) in [6.45, 7) is 1.73. The number of nitrogens with zero attached hydrogens (tertiary/aromatic N) is 4. The Labute approximate surface area is 124 Å². The van der Waals surface area contributed by atoms with Crippen LogP contribution in [0.1, 0.15) is 12.2 Å². The molecule has 2 rings (SSSR count). The molecule has 1 aliphatic rings. The van der Waals surface area contributed by atoms with Gasteiger partial charge < -0.3 is 25.1 Å². The lowest BCUT2D eigenvalue weighted by molar-refractivity contribution is 0.178. The van der Waals surface area contributed by atoms with E-state index in [-0.39, 0.29) is 12.1 Å². The van der Waals surface area contributed by atoms with Crippen LogP contribution in [0.15, 0.2) is 6.07 Å². The first-order valence-corrected chi connectivity index (χ1v) is 6.96. The molecule has 1 aromatic heterocycles. The number of hydrazine groups is 1. The van der Waals surface area contributed by atoms with Crippen LogP contribution in [-0.2, 0) is 11.3 Å². The highest BCUT2D eigenvalue weighted by Gasteiger charge is 2.32. The maximum Gasteiger partial charge on any atom is 0.158 e. The Morgan fingerprint density at radius 3 is 2.90 bits per heavy atom. The molecule has 1 aromatic rings. The molecule has 2 heterocycles. The molecule has 0 spiro atoms. The third-order valence-electron chi connectivity index (χ3n) is 3.44. The SMILES string of the molecule is COCc1nc(NN)cc(N2CC(O)CC2CN(C)C)n1. The summed E-state index contributed by atoms with van der Waals surface area (Å²) in [6.07, 6.45) is 0.387. The molecule has 2 atom stereocenters. The third kappa shape index (κ3) is 4.01. The summed E-state index contributed by atoms with van der Waals surface area (Å²) in [5.41, 5.74) is 2.55. The number of rotatable bonds is 6. The first-order valence-electron chi connectivity index (χ1n) is 6.96. The molecule has 1 saturated heterocycles. The molecule has 21 heavy (non-hydrogen) atoms. The monoisotopic (exact) mass is 296 g/mol. The standard InChI is InChI=1S/C13H24N6O2/c1-18(2)6-9-4-10(20)7-19(9)13-5-11(17-14)15-12(16-13)8-21-3/h5,9-10,20H,4,6-8,14H2,1-3H3,(H,15,16,17). The molecule has 1 fully saturated rings. The Kier molecular flexibility index (Phi) is 5.29. The van der Waals surface area contributed by atoms with Gasteiger partial charge in [-0.15, -0.1) is 0 Å². The molecule has 118 valence electrons. The second kappa shape index (κ2) is 6.99. The van der Waals surface area contributed by atoms with Gasteiger partial charge in [0.25, 0.3) is 0 Å². The van der Waals surface area contributed by atoms with Crippen molar-refractivity contribution >= 4 is 11.6 Å². The number of aromatic nitrogens is 2. The molecule has 0 bridgehead atoms. The van der Waals surface area contributed by atoms with E-state index in [1.54, 1.807) is 13.2 Å². The zero-order valence-corrected chi connectivity index (χ0v) is 12.8. The van der Waals surface area contributed by atoms with Gasteiger partial charge in [-0.3, -0.25) is 0 Å². The summed E-state index contributed by atoms with van der Waals surface area (Å²) in [4.78, 5) is 13.0. The molecule has 8 nitrogen and oxygen atoms in total. The van der Waals surface area contributed by atoms with Crippen molar-refractivity contribution in [2.24, 2.45) is 5.84 Å². The van der Waals surface area contributed by atoms with Crippen molar-refractivity contribution in [2.45, 2.75) is 25.2 Å². The van der Waals surface area contributed by atoms with E-state index in [0.29, 0.717) is 24.8 Å². The minimum atomic E-state index is -0.343. The average molecular weight is 296 g/mol. The Bertz CT molecular complexity index is 470. The van der Waals surface area contributed by atoms with E-state index >= 15 is 0 Å². The van der Waals surface area contributed by atoms with Crippen LogP contribution in [0, 0.1) is 0 Å². The molecule has 1 aliphatic heterocycles. The number of likely N-dealkylation sites (N-methyl/N-ethyl adjacent to an activating group) is 1. The number of hydrogen-bond donors (Lipinski definition) is 3. The molecular formula is C13H24N6O2. The zero-order chi connectivity index (χ0) is 15.4. The predicted molar refractivity (Wildman–Crippen MR) is 80.9 cm³/mol. The van der Waals surface area contributed by atoms with Gasteiger partial charge in [0, 0.05) is 32.3 Å². The minimum Gasteiger partial charge on any atom is -0.391 e. The van der Waals surface area contributed by atoms with Gasteiger partial charge in [-0.1, -0.05) is 0 Å². The van der Waals surface area contributed by atoms with Crippen molar-refractivity contribution in [3.8, 4) is 0 Å². The van der Waals surface area contributed by atoms with Crippen molar-refractivity contribution in [1.82, 2.24) is 14.9 Å². The maximum absolute atomic E-state index is 9.97. The van der Waals surface area contributed by atoms with E-state index in [4.69, 9.17) is 10.6 Å². The van der Waals surface area contributed by atoms with E-state index in [1.807, 2.05) is 14.1 Å². The van der Waals surface area contributed by atoms with Gasteiger partial charge in [0.15, 0.2) is 5.82 Å². The fourth-order valence-electron chi connectivity index (χ4n) is 2.66. The highest BCUT2D eigenvalue weighted by molar-refractivity contribution is 5.50. The minimum absolute atomic E-state index is 0.214. The number of ether oxygens (including phenoxy) is 1. The van der Waals surface area contributed by atoms with Crippen LogP contribution >= 0.6 is 0 Å². The van der Waals surface area contributed by atoms with E-state index in [1.165, 1.54) is 0 Å². The van der Waals surface area contributed by atoms with Gasteiger partial charge >= 0.3 is 0 Å². The van der Waals surface area contributed by atoms with Crippen molar-refractivity contribution in [1.29, 1.82) is 0 Å². The van der Waals surface area contributed by atoms with Crippen molar-refractivity contribution in [3.05, 3.63) is 11.9 Å². The topological polar surface area (TPSA) is 99.8 Å². The van der Waals surface area contributed by atoms with Gasteiger partial charge in [0.1, 0.15) is 18.2 Å². The molecular weight excluding hydrogens is 272 g/mol. The fourth-order valence-corrected chi connectivity index (χ4v) is 2.66. The quantitative estimate of drug-likeness (QED) is 0.473. The third-order valence-corrected chi connectivity index (χ3v) is 3.44. The van der Waals surface area contributed by atoms with Gasteiger partial charge in [0.2, 0.25) is 0 Å². The first kappa shape index (κ1) is 15.9. The van der Waals surface area contributed by atoms with Crippen LogP contribution in [0.25, 0.3) is 0 Å². The molecule has 8 heteroatoms. The average Bonchev–Trinajstić information content (AvgIpc) is 2.78. The van der Waals surface area contributed by atoms with Crippen LogP contribution in [-0.4, -0.2) is 66.4 Å². The van der Waals surface area contributed by atoms with Gasteiger partial charge in [-0.2, -0.15) is 0 Å². The highest BCUT2D eigenvalue weighted by Crippen LogP contribution is 2.26. The lowest BCUT2D eigenvalue weighted by Gasteiger charge is -2.28. The summed E-state index contributed by atoms with van der Waals surface area (Å²) < 4.78 is 5.09. The number of aliphatic hydroxyl groups excluding tert-OH is 1. The number of methoxy groups -OCH3 is 1. The Morgan fingerprint density at radius 1 is 1.52 bits per heavy atom. The van der Waals surface area contributed by atoms with Crippen molar-refractivity contribution in [2.75, 3.05) is 44.6 Å². The summed E-state index contributed by atoms with van der Waals surface area (Å²) in [7, 11) is 5.64. The van der Waals surface area contributed by atoms with Crippen LogP contribution in [0.3, 0.4) is 0 Å². The van der Waals surface area contributed by atoms with E-state index in [0.717, 1.165) is 18.8 Å². The maximum atomic E-state index is 9.97. The lowest BCUT2D eigenvalue weighted by atomic mass is 10.2. The smallest absolute Gasteiger partial charge is 0.158 e. The van der Waals surface area contributed by atoms with Crippen LogP contribution < -0.4 is 16.2 Å². The molecule has 0 amide bonds. The predicted octanol–water partition coefficient (Wildman–Crippen LogP) is -0.590. The second-order valence-electron chi connectivity index (χ2n) is 5.56. The number of β-amino-alcohol motifs (C(OH)–C–C–N with tert-alkyl or cyclic N) is 1. The van der Waals surface area contributed by atoms with E-state index < -0.39 is 0 Å². The number of nitrogens with one attached hydrogen (secondary N) is 1. The summed E-state index contributed by atoms with van der Waals surface area (Å²) in [6, 6.07) is 2.01. The first-order chi connectivity index (χ1) is 10.0. The molecule has 0 saturated carbocycles. The molecule has 0 aliphatic carbocycles. The lowest BCUT2D eigenvalue weighted by Crippen LogP contribution is -2.38. The van der Waals surface area contributed by atoms with E-state index in [9.17, 15) is 5.11 Å². The van der Waals surface area contributed by atoms with Crippen LogP contribution in [0.4, 0.5) is 11.6 Å². The second-order valence-corrected chi connectivity index (χ2v) is 5.56. The number of anilines is 2. The van der Waals surface area contributed by atoms with Gasteiger partial charge in [0.05, 0.1) is 6.10 Å². The molecule has 0 radical (unpaired) electrons. The normalized spacial score (nSPS) is 22.1. The molecule has 0 aromatic carbocycles. The van der Waals surface area contributed by atoms with Gasteiger partial charge in [-0.05, 0) is 20.5 Å². The number of hydrogen-bond acceptors (Lipinski definition) is 8. The molecule has 4 N–H and O–H groups in total. The highest BCUT2D eigenvalue weighted by atomic mass is 16.5. The Hall–Kier alpha value is -1.48. The number of nitrogen functional groups attached to an aromatic ring is 1. The van der Waals surface area contributed by atoms with E-state index in [2.05, 4.69) is 25.2 Å². The Balaban J connectivity index is 2.27. The van der Waals surface area contributed by atoms with Crippen molar-refractivity contribution in [3.63, 3.8) is 0 Å². The zero-order valence-electron chi connectivity index (χ0n) is 12.8. The van der Waals surface area contributed by atoms with Gasteiger partial charge in [-0.25, -0.2) is 15.8 Å². The number of nitrogens with two attached hydrogens (primary N) is 1. The summed E-state index contributed by atoms with van der Waals surface area (Å²) in [5, 5.41) is 9.97. The fraction of sp³-hybridized carbons (Fsp3) is 0.692. The van der Waals surface area contributed by atoms with Crippen LogP contribution in [0.2, 0.25) is 0 Å².